The fraction of sp³-hybridized carbons (Fsp3) is 0.400. The van der Waals surface area contributed by atoms with Gasteiger partial charge in [0.2, 0.25) is 0 Å². The van der Waals surface area contributed by atoms with E-state index in [1.54, 1.807) is 31.4 Å². The van der Waals surface area contributed by atoms with Crippen LogP contribution >= 0.6 is 11.3 Å². The number of rotatable bonds is 5. The molecule has 1 aliphatic rings. The minimum atomic E-state index is -1.04. The molecule has 0 aliphatic carbocycles. The summed E-state index contributed by atoms with van der Waals surface area (Å²) in [6.07, 6.45) is 9.43. The number of aromatic nitrogens is 3. The van der Waals surface area contributed by atoms with Crippen LogP contribution < -0.4 is 11.1 Å². The molecule has 0 radical (unpaired) electrons. The first-order valence-corrected chi connectivity index (χ1v) is 11.8. The van der Waals surface area contributed by atoms with Crippen molar-refractivity contribution in [2.75, 3.05) is 18.8 Å². The highest BCUT2D eigenvalue weighted by molar-refractivity contribution is 7.15. The second kappa shape index (κ2) is 9.78. The lowest BCUT2D eigenvalue weighted by atomic mass is 9.99. The molecular weight excluding hydrogens is 418 g/mol. The molecule has 4 heterocycles. The Balaban J connectivity index is 1.47. The minimum Gasteiger partial charge on any atom is -0.383 e. The SMILES string of the molecule is CC(C)(O)C#Cc1cc(CCc2cc(-c3cnc(C4CCNCC4)s3)cnc2N)ccn1. The van der Waals surface area contributed by atoms with Crippen molar-refractivity contribution < 1.29 is 5.11 Å². The maximum Gasteiger partial charge on any atom is 0.126 e. The zero-order valence-corrected chi connectivity index (χ0v) is 19.4. The van der Waals surface area contributed by atoms with E-state index in [1.807, 2.05) is 24.5 Å². The maximum atomic E-state index is 9.80. The van der Waals surface area contributed by atoms with E-state index in [9.17, 15) is 5.11 Å². The summed E-state index contributed by atoms with van der Waals surface area (Å²) >= 11 is 1.77. The molecule has 166 valence electrons. The number of hydrogen-bond acceptors (Lipinski definition) is 7. The maximum absolute atomic E-state index is 9.80. The lowest BCUT2D eigenvalue weighted by Gasteiger charge is -2.20. The Bertz CT molecular complexity index is 1130. The first kappa shape index (κ1) is 22.4. The summed E-state index contributed by atoms with van der Waals surface area (Å²) in [4.78, 5) is 14.6. The quantitative estimate of drug-likeness (QED) is 0.518. The Hall–Kier alpha value is -2.79. The Morgan fingerprint density at radius 2 is 1.97 bits per heavy atom. The van der Waals surface area contributed by atoms with Gasteiger partial charge in [0.1, 0.15) is 17.1 Å². The Kier molecular flexibility index (Phi) is 6.85. The summed E-state index contributed by atoms with van der Waals surface area (Å²) in [6, 6.07) is 6.08. The summed E-state index contributed by atoms with van der Waals surface area (Å²) in [5.74, 6) is 6.86. The lowest BCUT2D eigenvalue weighted by molar-refractivity contribution is 0.143. The molecule has 0 bridgehead atoms. The number of pyridine rings is 2. The van der Waals surface area contributed by atoms with Crippen molar-refractivity contribution in [3.8, 4) is 22.3 Å². The second-order valence-electron chi connectivity index (χ2n) is 8.71. The average molecular weight is 448 g/mol. The van der Waals surface area contributed by atoms with Gasteiger partial charge in [-0.3, -0.25) is 0 Å². The van der Waals surface area contributed by atoms with Gasteiger partial charge in [-0.2, -0.15) is 0 Å². The number of piperidine rings is 1. The van der Waals surface area contributed by atoms with Crippen LogP contribution in [-0.4, -0.2) is 38.7 Å². The zero-order chi connectivity index (χ0) is 22.6. The van der Waals surface area contributed by atoms with Crippen LogP contribution in [0.15, 0.2) is 36.8 Å². The summed E-state index contributed by atoms with van der Waals surface area (Å²) in [5.41, 5.74) is 9.02. The third-order valence-electron chi connectivity index (χ3n) is 5.50. The normalized spacial score (nSPS) is 14.7. The predicted molar refractivity (Wildman–Crippen MR) is 129 cm³/mol. The summed E-state index contributed by atoms with van der Waals surface area (Å²) in [7, 11) is 0. The van der Waals surface area contributed by atoms with Crippen molar-refractivity contribution in [2.45, 2.75) is 51.0 Å². The van der Waals surface area contributed by atoms with Gasteiger partial charge in [0.25, 0.3) is 0 Å². The third-order valence-corrected chi connectivity index (χ3v) is 6.71. The van der Waals surface area contributed by atoms with E-state index in [-0.39, 0.29) is 0 Å². The molecule has 0 spiro atoms. The van der Waals surface area contributed by atoms with Crippen molar-refractivity contribution >= 4 is 17.2 Å². The van der Waals surface area contributed by atoms with Crippen LogP contribution in [0.25, 0.3) is 10.4 Å². The molecule has 0 amide bonds. The number of aliphatic hydroxyl groups is 1. The number of aryl methyl sites for hydroxylation is 2. The van der Waals surface area contributed by atoms with E-state index in [4.69, 9.17) is 10.7 Å². The second-order valence-corrected chi connectivity index (χ2v) is 9.78. The Labute approximate surface area is 193 Å². The zero-order valence-electron chi connectivity index (χ0n) is 18.6. The van der Waals surface area contributed by atoms with E-state index in [1.165, 1.54) is 5.01 Å². The molecule has 1 fully saturated rings. The van der Waals surface area contributed by atoms with Gasteiger partial charge in [0.15, 0.2) is 0 Å². The highest BCUT2D eigenvalue weighted by Gasteiger charge is 2.19. The van der Waals surface area contributed by atoms with Gasteiger partial charge >= 0.3 is 0 Å². The van der Waals surface area contributed by atoms with Crippen LogP contribution in [0.5, 0.6) is 0 Å². The standard InChI is InChI=1S/C25H29N5OS/c1-25(2,31)9-5-21-13-17(6-12-28-21)3-4-19-14-20(15-29-23(19)26)22-16-30-24(32-22)18-7-10-27-11-8-18/h6,12-16,18,27,31H,3-4,7-8,10-11H2,1-2H3,(H2,26,29). The van der Waals surface area contributed by atoms with E-state index < -0.39 is 5.60 Å². The fourth-order valence-corrected chi connectivity index (χ4v) is 4.80. The smallest absolute Gasteiger partial charge is 0.126 e. The molecule has 32 heavy (non-hydrogen) atoms. The van der Waals surface area contributed by atoms with Gasteiger partial charge in [-0.1, -0.05) is 5.92 Å². The van der Waals surface area contributed by atoms with E-state index in [2.05, 4.69) is 33.2 Å². The van der Waals surface area contributed by atoms with Crippen molar-refractivity contribution in [1.82, 2.24) is 20.3 Å². The molecule has 0 aromatic carbocycles. The number of hydrogen-bond donors (Lipinski definition) is 3. The summed E-state index contributed by atoms with van der Waals surface area (Å²) in [5, 5.41) is 14.4. The highest BCUT2D eigenvalue weighted by Crippen LogP contribution is 2.34. The van der Waals surface area contributed by atoms with Gasteiger partial charge in [0, 0.05) is 30.1 Å². The number of nitrogens with two attached hydrogens (primary N) is 1. The van der Waals surface area contributed by atoms with E-state index in [0.717, 1.165) is 60.3 Å². The molecular formula is C25H29N5OS. The number of thiazole rings is 1. The largest absolute Gasteiger partial charge is 0.383 e. The van der Waals surface area contributed by atoms with Crippen molar-refractivity contribution in [3.63, 3.8) is 0 Å². The van der Waals surface area contributed by atoms with Crippen LogP contribution in [0.1, 0.15) is 54.4 Å². The molecule has 4 N–H and O–H groups in total. The van der Waals surface area contributed by atoms with Crippen LogP contribution in [0.2, 0.25) is 0 Å². The summed E-state index contributed by atoms with van der Waals surface area (Å²) < 4.78 is 0. The van der Waals surface area contributed by atoms with Crippen LogP contribution in [-0.2, 0) is 12.8 Å². The first-order valence-electron chi connectivity index (χ1n) is 11.0. The first-order chi connectivity index (χ1) is 15.4. The average Bonchev–Trinajstić information content (AvgIpc) is 3.28. The minimum absolute atomic E-state index is 0.552. The van der Waals surface area contributed by atoms with Gasteiger partial charge < -0.3 is 16.2 Å². The van der Waals surface area contributed by atoms with Gasteiger partial charge in [-0.05, 0) is 87.9 Å². The number of nitrogens with zero attached hydrogens (tertiary/aromatic N) is 3. The predicted octanol–water partition coefficient (Wildman–Crippen LogP) is 3.56. The van der Waals surface area contributed by atoms with Crippen LogP contribution in [0.3, 0.4) is 0 Å². The summed E-state index contributed by atoms with van der Waals surface area (Å²) in [6.45, 7) is 5.44. The Morgan fingerprint density at radius 3 is 2.75 bits per heavy atom. The molecule has 0 saturated carbocycles. The topological polar surface area (TPSA) is 97.0 Å². The fourth-order valence-electron chi connectivity index (χ4n) is 3.73. The molecule has 3 aromatic rings. The molecule has 0 atom stereocenters. The third kappa shape index (κ3) is 5.92. The Morgan fingerprint density at radius 1 is 1.16 bits per heavy atom. The van der Waals surface area contributed by atoms with Crippen molar-refractivity contribution in [2.24, 2.45) is 0 Å². The van der Waals surface area contributed by atoms with Gasteiger partial charge in [-0.25, -0.2) is 15.0 Å². The highest BCUT2D eigenvalue weighted by atomic mass is 32.1. The van der Waals surface area contributed by atoms with Gasteiger partial charge in [-0.15, -0.1) is 11.3 Å². The molecule has 3 aromatic heterocycles. The van der Waals surface area contributed by atoms with E-state index >= 15 is 0 Å². The van der Waals surface area contributed by atoms with Crippen LogP contribution in [0.4, 0.5) is 5.82 Å². The molecule has 1 saturated heterocycles. The molecule has 6 nitrogen and oxygen atoms in total. The molecule has 4 rings (SSSR count). The van der Waals surface area contributed by atoms with Gasteiger partial charge in [0.05, 0.1) is 9.88 Å². The number of nitrogen functional groups attached to an aromatic ring is 1. The van der Waals surface area contributed by atoms with E-state index in [0.29, 0.717) is 17.4 Å². The molecule has 0 unspecified atom stereocenters. The molecule has 7 heteroatoms. The van der Waals surface area contributed by atoms with Crippen molar-refractivity contribution in [3.05, 3.63) is 58.6 Å². The monoisotopic (exact) mass is 447 g/mol. The van der Waals surface area contributed by atoms with Crippen molar-refractivity contribution in [1.29, 1.82) is 0 Å². The number of nitrogens with one attached hydrogen (secondary N) is 1. The van der Waals surface area contributed by atoms with Crippen LogP contribution in [0, 0.1) is 11.8 Å². The molecule has 1 aliphatic heterocycles. The number of anilines is 1. The lowest BCUT2D eigenvalue weighted by Crippen LogP contribution is -2.26.